The maximum absolute atomic E-state index is 12.3. The van der Waals surface area contributed by atoms with Gasteiger partial charge in [0.25, 0.3) is 0 Å². The van der Waals surface area contributed by atoms with Gasteiger partial charge < -0.3 is 10.0 Å². The minimum atomic E-state index is -0.828. The van der Waals surface area contributed by atoms with Crippen molar-refractivity contribution in [2.45, 2.75) is 65.3 Å². The molecule has 0 aromatic carbocycles. The number of hydrogen-bond acceptors (Lipinski definition) is 2. The zero-order valence-corrected chi connectivity index (χ0v) is 12.4. The minimum absolute atomic E-state index is 0.0487. The van der Waals surface area contributed by atoms with E-state index < -0.39 is 5.97 Å². The second-order valence-corrected chi connectivity index (χ2v) is 6.16. The summed E-state index contributed by atoms with van der Waals surface area (Å²) >= 11 is 0. The highest BCUT2D eigenvalue weighted by atomic mass is 16.4. The first-order chi connectivity index (χ1) is 8.91. The van der Waals surface area contributed by atoms with E-state index in [-0.39, 0.29) is 18.4 Å². The molecule has 1 aliphatic carbocycles. The molecule has 0 aliphatic heterocycles. The molecule has 2 unspecified atom stereocenters. The number of hydrogen-bond donors (Lipinski definition) is 1. The highest BCUT2D eigenvalue weighted by molar-refractivity contribution is 5.77. The molecule has 1 N–H and O–H groups in total. The summed E-state index contributed by atoms with van der Waals surface area (Å²) in [5.74, 6) is 0.0955. The monoisotopic (exact) mass is 269 g/mol. The van der Waals surface area contributed by atoms with Crippen LogP contribution >= 0.6 is 0 Å². The Kier molecular flexibility index (Phi) is 6.32. The second kappa shape index (κ2) is 7.51. The number of carboxylic acid groups (broad SMARTS) is 1. The summed E-state index contributed by atoms with van der Waals surface area (Å²) in [6.07, 6.45) is 5.10. The number of carbonyl (C=O) groups excluding carboxylic acids is 1. The van der Waals surface area contributed by atoms with Crippen molar-refractivity contribution in [3.05, 3.63) is 0 Å². The maximum atomic E-state index is 12.3. The van der Waals surface area contributed by atoms with Crippen molar-refractivity contribution in [3.63, 3.8) is 0 Å². The van der Waals surface area contributed by atoms with E-state index in [4.69, 9.17) is 5.11 Å². The zero-order valence-electron chi connectivity index (χ0n) is 12.4. The third-order valence-electron chi connectivity index (χ3n) is 3.94. The van der Waals surface area contributed by atoms with Gasteiger partial charge in [-0.05, 0) is 24.7 Å². The number of carboxylic acids is 1. The Morgan fingerprint density at radius 1 is 1.26 bits per heavy atom. The third kappa shape index (κ3) is 5.21. The van der Waals surface area contributed by atoms with E-state index in [0.717, 1.165) is 19.3 Å². The second-order valence-electron chi connectivity index (χ2n) is 6.16. The predicted octanol–water partition coefficient (Wildman–Crippen LogP) is 2.91. The fourth-order valence-corrected chi connectivity index (χ4v) is 2.92. The standard InChI is InChI=1S/C15H27NO3/c1-11(2)10-14(17)16(9-8-15(18)19)13-7-5-4-6-12(13)3/h11-13H,4-10H2,1-3H3,(H,18,19). The van der Waals surface area contributed by atoms with Gasteiger partial charge in [-0.25, -0.2) is 0 Å². The molecule has 1 amide bonds. The Morgan fingerprint density at radius 3 is 2.42 bits per heavy atom. The largest absolute Gasteiger partial charge is 0.481 e. The highest BCUT2D eigenvalue weighted by Crippen LogP contribution is 2.29. The molecule has 0 aromatic heterocycles. The first-order valence-corrected chi connectivity index (χ1v) is 7.43. The third-order valence-corrected chi connectivity index (χ3v) is 3.94. The van der Waals surface area contributed by atoms with Crippen molar-refractivity contribution >= 4 is 11.9 Å². The number of aliphatic carboxylic acids is 1. The predicted molar refractivity (Wildman–Crippen MR) is 74.8 cm³/mol. The van der Waals surface area contributed by atoms with Crippen molar-refractivity contribution in [1.82, 2.24) is 4.90 Å². The summed E-state index contributed by atoms with van der Waals surface area (Å²) in [7, 11) is 0. The Bertz CT molecular complexity index is 315. The molecule has 1 aliphatic rings. The van der Waals surface area contributed by atoms with Crippen LogP contribution in [0.2, 0.25) is 0 Å². The Morgan fingerprint density at radius 2 is 1.89 bits per heavy atom. The van der Waals surface area contributed by atoms with Gasteiger partial charge in [0.1, 0.15) is 0 Å². The molecule has 0 bridgehead atoms. The van der Waals surface area contributed by atoms with Crippen LogP contribution < -0.4 is 0 Å². The smallest absolute Gasteiger partial charge is 0.305 e. The molecule has 0 aromatic rings. The molecule has 0 spiro atoms. The van der Waals surface area contributed by atoms with Gasteiger partial charge in [0.15, 0.2) is 0 Å². The lowest BCUT2D eigenvalue weighted by molar-refractivity contribution is -0.140. The molecule has 0 radical (unpaired) electrons. The Balaban J connectivity index is 2.71. The van der Waals surface area contributed by atoms with Crippen LogP contribution in [0.3, 0.4) is 0 Å². The first-order valence-electron chi connectivity index (χ1n) is 7.43. The van der Waals surface area contributed by atoms with Crippen LogP contribution in [0.25, 0.3) is 0 Å². The summed E-state index contributed by atoms with van der Waals surface area (Å²) < 4.78 is 0. The number of carbonyl (C=O) groups is 2. The van der Waals surface area contributed by atoms with Gasteiger partial charge in [-0.1, -0.05) is 33.6 Å². The van der Waals surface area contributed by atoms with Crippen LogP contribution in [0.5, 0.6) is 0 Å². The summed E-state index contributed by atoms with van der Waals surface area (Å²) in [6.45, 7) is 6.59. The zero-order chi connectivity index (χ0) is 14.4. The fourth-order valence-electron chi connectivity index (χ4n) is 2.92. The fraction of sp³-hybridized carbons (Fsp3) is 0.867. The lowest BCUT2D eigenvalue weighted by atomic mass is 9.84. The average molecular weight is 269 g/mol. The van der Waals surface area contributed by atoms with Crippen LogP contribution in [0.4, 0.5) is 0 Å². The molecule has 1 fully saturated rings. The Labute approximate surface area is 116 Å². The van der Waals surface area contributed by atoms with E-state index in [1.807, 2.05) is 18.7 Å². The van der Waals surface area contributed by atoms with E-state index in [9.17, 15) is 9.59 Å². The van der Waals surface area contributed by atoms with Gasteiger partial charge in [-0.15, -0.1) is 0 Å². The summed E-state index contributed by atoms with van der Waals surface area (Å²) in [5.41, 5.74) is 0. The summed E-state index contributed by atoms with van der Waals surface area (Å²) in [5, 5.41) is 8.85. The summed E-state index contributed by atoms with van der Waals surface area (Å²) in [4.78, 5) is 25.0. The SMILES string of the molecule is CC(C)CC(=O)N(CCC(=O)O)C1CCCCC1C. The van der Waals surface area contributed by atoms with Gasteiger partial charge in [-0.3, -0.25) is 9.59 Å². The molecule has 1 rings (SSSR count). The number of rotatable bonds is 6. The molecule has 0 heterocycles. The number of nitrogens with zero attached hydrogens (tertiary/aromatic N) is 1. The molecule has 0 saturated heterocycles. The molecule has 1 saturated carbocycles. The van der Waals surface area contributed by atoms with Gasteiger partial charge in [-0.2, -0.15) is 0 Å². The van der Waals surface area contributed by atoms with E-state index >= 15 is 0 Å². The van der Waals surface area contributed by atoms with E-state index in [1.165, 1.54) is 6.42 Å². The molecule has 4 nitrogen and oxygen atoms in total. The van der Waals surface area contributed by atoms with Gasteiger partial charge in [0, 0.05) is 19.0 Å². The molecule has 19 heavy (non-hydrogen) atoms. The van der Waals surface area contributed by atoms with Crippen molar-refractivity contribution in [2.75, 3.05) is 6.54 Å². The van der Waals surface area contributed by atoms with E-state index in [1.54, 1.807) is 0 Å². The van der Waals surface area contributed by atoms with Gasteiger partial charge in [0.05, 0.1) is 6.42 Å². The molecular formula is C15H27NO3. The Hall–Kier alpha value is -1.06. The van der Waals surface area contributed by atoms with Gasteiger partial charge >= 0.3 is 5.97 Å². The van der Waals surface area contributed by atoms with Crippen LogP contribution in [0, 0.1) is 11.8 Å². The van der Waals surface area contributed by atoms with Crippen LogP contribution in [-0.2, 0) is 9.59 Å². The normalized spacial score (nSPS) is 23.4. The quantitative estimate of drug-likeness (QED) is 0.806. The molecule has 2 atom stereocenters. The van der Waals surface area contributed by atoms with Crippen LogP contribution in [0.15, 0.2) is 0 Å². The van der Waals surface area contributed by atoms with Crippen LogP contribution in [0.1, 0.15) is 59.3 Å². The highest BCUT2D eigenvalue weighted by Gasteiger charge is 2.30. The first kappa shape index (κ1) is 16.0. The maximum Gasteiger partial charge on any atom is 0.305 e. The van der Waals surface area contributed by atoms with E-state index in [2.05, 4.69) is 6.92 Å². The molecular weight excluding hydrogens is 242 g/mol. The number of amides is 1. The lowest BCUT2D eigenvalue weighted by Crippen LogP contribution is -2.46. The van der Waals surface area contributed by atoms with E-state index in [0.29, 0.717) is 24.8 Å². The van der Waals surface area contributed by atoms with Crippen molar-refractivity contribution in [3.8, 4) is 0 Å². The topological polar surface area (TPSA) is 57.6 Å². The summed E-state index contributed by atoms with van der Waals surface area (Å²) in [6, 6.07) is 0.236. The molecule has 4 heteroatoms. The van der Waals surface area contributed by atoms with Gasteiger partial charge in [0.2, 0.25) is 5.91 Å². The minimum Gasteiger partial charge on any atom is -0.481 e. The lowest BCUT2D eigenvalue weighted by Gasteiger charge is -2.39. The van der Waals surface area contributed by atoms with Crippen molar-refractivity contribution in [1.29, 1.82) is 0 Å². The van der Waals surface area contributed by atoms with Crippen molar-refractivity contribution < 1.29 is 14.7 Å². The van der Waals surface area contributed by atoms with Crippen LogP contribution in [-0.4, -0.2) is 34.5 Å². The van der Waals surface area contributed by atoms with Crippen molar-refractivity contribution in [2.24, 2.45) is 11.8 Å². The molecule has 110 valence electrons. The average Bonchev–Trinajstić information content (AvgIpc) is 2.30.